The van der Waals surface area contributed by atoms with E-state index >= 15 is 0 Å². The second-order valence-electron chi connectivity index (χ2n) is 9.02. The number of anilines is 2. The standard InChI is InChI=1S/C25H27F3N6O2/c26-25(27,28)22-14-21(2-1-18(22)15-29)33-9-6-20(7-10-33)32-24(36)17-3-8-30-23(13-17)34-11-4-19(5-12-34)31-16-35/h1-3,8,13-14,16,19-20H,4-7,9-12H2,(H,31,35)(H,32,36). The van der Waals surface area contributed by atoms with Crippen molar-refractivity contribution in [2.75, 3.05) is 36.0 Å². The summed E-state index contributed by atoms with van der Waals surface area (Å²) in [7, 11) is 0. The number of hydrogen-bond acceptors (Lipinski definition) is 6. The number of benzene rings is 1. The van der Waals surface area contributed by atoms with Gasteiger partial charge in [-0.25, -0.2) is 4.98 Å². The molecule has 36 heavy (non-hydrogen) atoms. The summed E-state index contributed by atoms with van der Waals surface area (Å²) in [5.74, 6) is 0.496. The Kier molecular flexibility index (Phi) is 7.62. The van der Waals surface area contributed by atoms with E-state index in [2.05, 4.69) is 20.5 Å². The highest BCUT2D eigenvalue weighted by Gasteiger charge is 2.34. The number of carbonyl (C=O) groups excluding carboxylic acids is 2. The molecule has 1 aromatic heterocycles. The predicted molar refractivity (Wildman–Crippen MR) is 128 cm³/mol. The van der Waals surface area contributed by atoms with Gasteiger partial charge in [0.05, 0.1) is 17.2 Å². The van der Waals surface area contributed by atoms with Gasteiger partial charge in [0.15, 0.2) is 0 Å². The predicted octanol–water partition coefficient (Wildman–Crippen LogP) is 3.09. The summed E-state index contributed by atoms with van der Waals surface area (Å²) >= 11 is 0. The van der Waals surface area contributed by atoms with E-state index < -0.39 is 17.3 Å². The van der Waals surface area contributed by atoms with Crippen molar-refractivity contribution in [3.8, 4) is 6.07 Å². The number of nitriles is 1. The quantitative estimate of drug-likeness (QED) is 0.592. The molecule has 3 heterocycles. The molecule has 0 radical (unpaired) electrons. The number of nitrogens with one attached hydrogen (secondary N) is 2. The van der Waals surface area contributed by atoms with E-state index in [4.69, 9.17) is 5.26 Å². The van der Waals surface area contributed by atoms with Crippen LogP contribution in [0.25, 0.3) is 0 Å². The molecule has 2 aliphatic heterocycles. The zero-order valence-corrected chi connectivity index (χ0v) is 19.6. The number of halogens is 3. The average molecular weight is 501 g/mol. The van der Waals surface area contributed by atoms with Gasteiger partial charge in [0.25, 0.3) is 5.91 Å². The van der Waals surface area contributed by atoms with E-state index in [1.807, 2.05) is 4.90 Å². The van der Waals surface area contributed by atoms with E-state index in [0.29, 0.717) is 43.0 Å². The molecule has 2 N–H and O–H groups in total. The summed E-state index contributed by atoms with van der Waals surface area (Å²) in [6.45, 7) is 2.43. The summed E-state index contributed by atoms with van der Waals surface area (Å²) in [6, 6.07) is 8.82. The summed E-state index contributed by atoms with van der Waals surface area (Å²) in [5.41, 5.74) is -0.419. The van der Waals surface area contributed by atoms with Crippen molar-refractivity contribution in [1.82, 2.24) is 15.6 Å². The van der Waals surface area contributed by atoms with E-state index in [1.165, 1.54) is 12.1 Å². The molecule has 0 spiro atoms. The molecular weight excluding hydrogens is 473 g/mol. The Hall–Kier alpha value is -3.81. The van der Waals surface area contributed by atoms with Gasteiger partial charge in [-0.1, -0.05) is 0 Å². The lowest BCUT2D eigenvalue weighted by Gasteiger charge is -2.34. The van der Waals surface area contributed by atoms with Crippen LogP contribution < -0.4 is 20.4 Å². The highest BCUT2D eigenvalue weighted by molar-refractivity contribution is 5.95. The highest BCUT2D eigenvalue weighted by atomic mass is 19.4. The molecule has 2 aliphatic rings. The Bertz CT molecular complexity index is 1130. The zero-order chi connectivity index (χ0) is 25.7. The van der Waals surface area contributed by atoms with Crippen LogP contribution in [0.1, 0.15) is 47.2 Å². The Labute approximate surface area is 207 Å². The van der Waals surface area contributed by atoms with Crippen molar-refractivity contribution < 1.29 is 22.8 Å². The van der Waals surface area contributed by atoms with E-state index in [-0.39, 0.29) is 18.0 Å². The van der Waals surface area contributed by atoms with Crippen molar-refractivity contribution in [1.29, 1.82) is 5.26 Å². The molecule has 11 heteroatoms. The molecule has 2 fully saturated rings. The van der Waals surface area contributed by atoms with Gasteiger partial charge in [0.1, 0.15) is 5.82 Å². The Balaban J connectivity index is 1.33. The number of nitrogens with zero attached hydrogens (tertiary/aromatic N) is 4. The molecule has 8 nitrogen and oxygen atoms in total. The zero-order valence-electron chi connectivity index (χ0n) is 19.6. The van der Waals surface area contributed by atoms with Crippen LogP contribution in [-0.4, -0.2) is 55.6 Å². The van der Waals surface area contributed by atoms with Gasteiger partial charge in [0.2, 0.25) is 6.41 Å². The van der Waals surface area contributed by atoms with Gasteiger partial charge >= 0.3 is 6.18 Å². The SMILES string of the molecule is N#Cc1ccc(N2CCC(NC(=O)c3ccnc(N4CCC(NC=O)CC4)c3)CC2)cc1C(F)(F)F. The Morgan fingerprint density at radius 1 is 1.03 bits per heavy atom. The minimum atomic E-state index is -4.60. The van der Waals surface area contributed by atoms with Crippen molar-refractivity contribution in [2.24, 2.45) is 0 Å². The number of aromatic nitrogens is 1. The van der Waals surface area contributed by atoms with Crippen LogP contribution in [0.5, 0.6) is 0 Å². The molecule has 0 atom stereocenters. The molecule has 2 saturated heterocycles. The number of alkyl halides is 3. The minimum absolute atomic E-state index is 0.101. The first kappa shape index (κ1) is 25.3. The second kappa shape index (κ2) is 10.8. The molecular formula is C25H27F3N6O2. The minimum Gasteiger partial charge on any atom is -0.371 e. The van der Waals surface area contributed by atoms with Crippen LogP contribution in [0.2, 0.25) is 0 Å². The third kappa shape index (κ3) is 5.87. The maximum atomic E-state index is 13.3. The van der Waals surface area contributed by atoms with E-state index in [0.717, 1.165) is 38.4 Å². The molecule has 1 aromatic carbocycles. The Morgan fingerprint density at radius 3 is 2.33 bits per heavy atom. The first-order chi connectivity index (χ1) is 17.3. The van der Waals surface area contributed by atoms with Crippen molar-refractivity contribution >= 4 is 23.8 Å². The van der Waals surface area contributed by atoms with Gasteiger partial charge in [-0.3, -0.25) is 9.59 Å². The summed E-state index contributed by atoms with van der Waals surface area (Å²) < 4.78 is 39.9. The fourth-order valence-electron chi connectivity index (χ4n) is 4.72. The van der Waals surface area contributed by atoms with Crippen molar-refractivity contribution in [2.45, 2.75) is 43.9 Å². The number of piperidine rings is 2. The molecule has 0 bridgehead atoms. The summed E-state index contributed by atoms with van der Waals surface area (Å²) in [6.07, 6.45) is 0.506. The number of pyridine rings is 1. The fraction of sp³-hybridized carbons (Fsp3) is 0.440. The lowest BCUT2D eigenvalue weighted by Crippen LogP contribution is -2.45. The molecule has 190 valence electrons. The molecule has 4 rings (SSSR count). The molecule has 2 aromatic rings. The topological polar surface area (TPSA) is 101 Å². The maximum absolute atomic E-state index is 13.3. The average Bonchev–Trinajstić information content (AvgIpc) is 2.89. The van der Waals surface area contributed by atoms with Gasteiger partial charge in [0, 0.05) is 55.7 Å². The van der Waals surface area contributed by atoms with Crippen molar-refractivity contribution in [3.63, 3.8) is 0 Å². The molecule has 0 aliphatic carbocycles. The third-order valence-electron chi connectivity index (χ3n) is 6.75. The number of rotatable bonds is 6. The molecule has 0 unspecified atom stereocenters. The van der Waals surface area contributed by atoms with Crippen LogP contribution in [0.4, 0.5) is 24.7 Å². The number of carbonyl (C=O) groups is 2. The largest absolute Gasteiger partial charge is 0.417 e. The van der Waals surface area contributed by atoms with E-state index in [9.17, 15) is 22.8 Å². The van der Waals surface area contributed by atoms with Crippen molar-refractivity contribution in [3.05, 3.63) is 53.2 Å². The maximum Gasteiger partial charge on any atom is 0.417 e. The van der Waals surface area contributed by atoms with Gasteiger partial charge in [-0.05, 0) is 56.0 Å². The first-order valence-electron chi connectivity index (χ1n) is 11.9. The van der Waals surface area contributed by atoms with Gasteiger partial charge < -0.3 is 20.4 Å². The van der Waals surface area contributed by atoms with Gasteiger partial charge in [-0.2, -0.15) is 18.4 Å². The Morgan fingerprint density at radius 2 is 1.69 bits per heavy atom. The smallest absolute Gasteiger partial charge is 0.371 e. The van der Waals surface area contributed by atoms with Crippen LogP contribution in [0.3, 0.4) is 0 Å². The third-order valence-corrected chi connectivity index (χ3v) is 6.75. The van der Waals surface area contributed by atoms with Crippen LogP contribution in [0.15, 0.2) is 36.5 Å². The molecule has 0 saturated carbocycles. The van der Waals surface area contributed by atoms with Crippen LogP contribution >= 0.6 is 0 Å². The normalized spacial score (nSPS) is 17.4. The lowest BCUT2D eigenvalue weighted by atomic mass is 10.0. The van der Waals surface area contributed by atoms with Gasteiger partial charge in [-0.15, -0.1) is 0 Å². The molecule has 2 amide bonds. The summed E-state index contributed by atoms with van der Waals surface area (Å²) in [4.78, 5) is 31.8. The summed E-state index contributed by atoms with van der Waals surface area (Å²) in [5, 5.41) is 14.8. The fourth-order valence-corrected chi connectivity index (χ4v) is 4.72. The van der Waals surface area contributed by atoms with E-state index in [1.54, 1.807) is 24.4 Å². The number of amides is 2. The highest BCUT2D eigenvalue weighted by Crippen LogP contribution is 2.35. The van der Waals surface area contributed by atoms with Crippen LogP contribution in [0, 0.1) is 11.3 Å². The second-order valence-corrected chi connectivity index (χ2v) is 9.02. The first-order valence-corrected chi connectivity index (χ1v) is 11.9. The number of hydrogen-bond donors (Lipinski definition) is 2. The van der Waals surface area contributed by atoms with Crippen LogP contribution in [-0.2, 0) is 11.0 Å². The monoisotopic (exact) mass is 500 g/mol. The lowest BCUT2D eigenvalue weighted by molar-refractivity contribution is -0.137.